The third kappa shape index (κ3) is 3.85. The normalized spacial score (nSPS) is 11.1. The van der Waals surface area contributed by atoms with Crippen LogP contribution in [0.15, 0.2) is 59.0 Å². The van der Waals surface area contributed by atoms with Crippen molar-refractivity contribution in [3.8, 4) is 23.1 Å². The smallest absolute Gasteiger partial charge is 0.270 e. The molecule has 0 aliphatic rings. The molecular formula is C20H13FN2O4. The molecule has 3 rings (SSSR count). The fraction of sp³-hybridized carbons (Fsp3) is 0.0500. The largest absolute Gasteiger partial charge is 0.496 e. The van der Waals surface area contributed by atoms with E-state index in [4.69, 9.17) is 9.15 Å². The predicted molar refractivity (Wildman–Crippen MR) is 97.2 cm³/mol. The second-order valence-corrected chi connectivity index (χ2v) is 5.52. The summed E-state index contributed by atoms with van der Waals surface area (Å²) < 4.78 is 24.0. The van der Waals surface area contributed by atoms with E-state index in [2.05, 4.69) is 0 Å². The van der Waals surface area contributed by atoms with Gasteiger partial charge in [0.15, 0.2) is 0 Å². The molecule has 27 heavy (non-hydrogen) atoms. The number of methoxy groups -OCH3 is 1. The lowest BCUT2D eigenvalue weighted by molar-refractivity contribution is -0.384. The van der Waals surface area contributed by atoms with E-state index in [1.165, 1.54) is 55.7 Å². The number of hydrogen-bond donors (Lipinski definition) is 0. The van der Waals surface area contributed by atoms with Gasteiger partial charge in [-0.2, -0.15) is 5.26 Å². The van der Waals surface area contributed by atoms with Crippen LogP contribution in [0.25, 0.3) is 23.0 Å². The Morgan fingerprint density at radius 1 is 1.22 bits per heavy atom. The van der Waals surface area contributed by atoms with E-state index in [9.17, 15) is 19.8 Å². The molecule has 3 aromatic rings. The van der Waals surface area contributed by atoms with Crippen molar-refractivity contribution < 1.29 is 18.5 Å². The fourth-order valence-corrected chi connectivity index (χ4v) is 2.53. The minimum absolute atomic E-state index is 0.0941. The molecule has 0 unspecified atom stereocenters. The highest BCUT2D eigenvalue weighted by Gasteiger charge is 2.16. The highest BCUT2D eigenvalue weighted by atomic mass is 19.1. The second-order valence-electron chi connectivity index (χ2n) is 5.52. The van der Waals surface area contributed by atoms with Gasteiger partial charge in [-0.05, 0) is 42.0 Å². The molecule has 0 fully saturated rings. The van der Waals surface area contributed by atoms with Gasteiger partial charge >= 0.3 is 0 Å². The number of hydrogen-bond acceptors (Lipinski definition) is 5. The quantitative estimate of drug-likeness (QED) is 0.358. The van der Waals surface area contributed by atoms with Crippen molar-refractivity contribution in [2.24, 2.45) is 0 Å². The summed E-state index contributed by atoms with van der Waals surface area (Å²) in [7, 11) is 1.46. The molecule has 0 aliphatic carbocycles. The molecule has 0 aliphatic heterocycles. The predicted octanol–water partition coefficient (Wildman–Crippen LogP) is 5.07. The fourth-order valence-electron chi connectivity index (χ4n) is 2.53. The topological polar surface area (TPSA) is 89.3 Å². The van der Waals surface area contributed by atoms with Crippen LogP contribution >= 0.6 is 0 Å². The number of rotatable bonds is 5. The molecule has 0 amide bonds. The molecule has 0 spiro atoms. The molecule has 1 heterocycles. The second kappa shape index (κ2) is 7.54. The Morgan fingerprint density at radius 3 is 2.59 bits per heavy atom. The van der Waals surface area contributed by atoms with Crippen molar-refractivity contribution in [1.82, 2.24) is 0 Å². The first-order valence-electron chi connectivity index (χ1n) is 7.82. The van der Waals surface area contributed by atoms with E-state index in [0.717, 1.165) is 0 Å². The lowest BCUT2D eigenvalue weighted by Crippen LogP contribution is -1.91. The number of halogens is 1. The zero-order valence-electron chi connectivity index (χ0n) is 14.2. The summed E-state index contributed by atoms with van der Waals surface area (Å²) in [5.74, 6) is 0.760. The summed E-state index contributed by atoms with van der Waals surface area (Å²) in [5.41, 5.74) is 1.17. The van der Waals surface area contributed by atoms with Gasteiger partial charge in [-0.15, -0.1) is 0 Å². The molecule has 6 nitrogen and oxygen atoms in total. The van der Waals surface area contributed by atoms with Gasteiger partial charge in [0, 0.05) is 12.1 Å². The average molecular weight is 364 g/mol. The number of benzene rings is 2. The van der Waals surface area contributed by atoms with Crippen molar-refractivity contribution in [3.63, 3.8) is 0 Å². The van der Waals surface area contributed by atoms with E-state index in [0.29, 0.717) is 34.0 Å². The number of nitrogens with zero attached hydrogens (tertiary/aromatic N) is 2. The number of nitro benzene ring substituents is 1. The molecule has 134 valence electrons. The van der Waals surface area contributed by atoms with Crippen LogP contribution in [-0.4, -0.2) is 12.0 Å². The van der Waals surface area contributed by atoms with Crippen molar-refractivity contribution in [1.29, 1.82) is 5.26 Å². The first-order valence-corrected chi connectivity index (χ1v) is 7.82. The van der Waals surface area contributed by atoms with Gasteiger partial charge in [-0.1, -0.05) is 12.1 Å². The number of nitro groups is 1. The molecule has 0 radical (unpaired) electrons. The SMILES string of the molecule is COc1ccc([N+](=O)[O-])cc1-c1ccc(C=C(C#N)c2ccc(F)cc2)o1. The van der Waals surface area contributed by atoms with Gasteiger partial charge in [-0.3, -0.25) is 10.1 Å². The molecule has 0 atom stereocenters. The molecule has 1 aromatic heterocycles. The Bertz CT molecular complexity index is 1060. The van der Waals surface area contributed by atoms with Crippen molar-refractivity contribution in [3.05, 3.63) is 81.9 Å². The minimum atomic E-state index is -0.505. The van der Waals surface area contributed by atoms with Crippen LogP contribution < -0.4 is 4.74 Å². The molecule has 0 saturated carbocycles. The Kier molecular flexibility index (Phi) is 4.99. The Balaban J connectivity index is 1.99. The maximum absolute atomic E-state index is 13.1. The maximum Gasteiger partial charge on any atom is 0.270 e. The van der Waals surface area contributed by atoms with E-state index < -0.39 is 10.7 Å². The summed E-state index contributed by atoms with van der Waals surface area (Å²) in [5, 5.41) is 20.4. The average Bonchev–Trinajstić information content (AvgIpc) is 3.14. The first-order chi connectivity index (χ1) is 13.0. The van der Waals surface area contributed by atoms with Gasteiger partial charge in [0.2, 0.25) is 0 Å². The zero-order chi connectivity index (χ0) is 19.4. The lowest BCUT2D eigenvalue weighted by atomic mass is 10.1. The highest BCUT2D eigenvalue weighted by Crippen LogP contribution is 2.35. The van der Waals surface area contributed by atoms with E-state index >= 15 is 0 Å². The third-order valence-corrected chi connectivity index (χ3v) is 3.85. The van der Waals surface area contributed by atoms with E-state index in [1.807, 2.05) is 6.07 Å². The number of furan rings is 1. The van der Waals surface area contributed by atoms with Crippen LogP contribution in [0.4, 0.5) is 10.1 Å². The van der Waals surface area contributed by atoms with Crippen molar-refractivity contribution in [2.45, 2.75) is 0 Å². The summed E-state index contributed by atoms with van der Waals surface area (Å²) >= 11 is 0. The maximum atomic E-state index is 13.1. The van der Waals surface area contributed by atoms with E-state index in [1.54, 1.807) is 12.1 Å². The van der Waals surface area contributed by atoms with Gasteiger partial charge < -0.3 is 9.15 Å². The Hall–Kier alpha value is -3.92. The first kappa shape index (κ1) is 17.9. The van der Waals surface area contributed by atoms with Gasteiger partial charge in [0.1, 0.15) is 23.1 Å². The molecule has 2 aromatic carbocycles. The van der Waals surface area contributed by atoms with Crippen molar-refractivity contribution >= 4 is 17.3 Å². The number of nitriles is 1. The number of ether oxygens (including phenoxy) is 1. The summed E-state index contributed by atoms with van der Waals surface area (Å²) in [6.07, 6.45) is 1.51. The molecular weight excluding hydrogens is 351 g/mol. The minimum Gasteiger partial charge on any atom is -0.496 e. The van der Waals surface area contributed by atoms with Crippen LogP contribution in [0.5, 0.6) is 5.75 Å². The molecule has 0 saturated heterocycles. The number of non-ortho nitro benzene ring substituents is 1. The summed E-state index contributed by atoms with van der Waals surface area (Å²) in [6.45, 7) is 0. The summed E-state index contributed by atoms with van der Waals surface area (Å²) in [6, 6.07) is 15.0. The highest BCUT2D eigenvalue weighted by molar-refractivity contribution is 5.89. The third-order valence-electron chi connectivity index (χ3n) is 3.85. The van der Waals surface area contributed by atoms with Crippen LogP contribution in [0, 0.1) is 27.3 Å². The number of allylic oxidation sites excluding steroid dienone is 1. The zero-order valence-corrected chi connectivity index (χ0v) is 14.2. The van der Waals surface area contributed by atoms with Gasteiger partial charge in [0.25, 0.3) is 5.69 Å². The van der Waals surface area contributed by atoms with Crippen LogP contribution in [0.1, 0.15) is 11.3 Å². The van der Waals surface area contributed by atoms with Crippen LogP contribution in [-0.2, 0) is 0 Å². The van der Waals surface area contributed by atoms with Gasteiger partial charge in [-0.25, -0.2) is 4.39 Å². The molecule has 7 heteroatoms. The molecule has 0 N–H and O–H groups in total. The standard InChI is InChI=1S/C20H13FN2O4/c1-26-19-8-6-16(23(24)25)11-18(19)20-9-7-17(27-20)10-14(12-22)13-2-4-15(21)5-3-13/h2-11H,1H3. The summed E-state index contributed by atoms with van der Waals surface area (Å²) in [4.78, 5) is 10.5. The van der Waals surface area contributed by atoms with Crippen molar-refractivity contribution in [2.75, 3.05) is 7.11 Å². The Labute approximate surface area is 153 Å². The van der Waals surface area contributed by atoms with Crippen LogP contribution in [0.2, 0.25) is 0 Å². The van der Waals surface area contributed by atoms with E-state index in [-0.39, 0.29) is 5.69 Å². The Morgan fingerprint density at radius 2 is 1.96 bits per heavy atom. The monoisotopic (exact) mass is 364 g/mol. The van der Waals surface area contributed by atoms with Crippen LogP contribution in [0.3, 0.4) is 0 Å². The molecule has 0 bridgehead atoms. The van der Waals surface area contributed by atoms with Gasteiger partial charge in [0.05, 0.1) is 29.2 Å². The lowest BCUT2D eigenvalue weighted by Gasteiger charge is -2.05.